The van der Waals surface area contributed by atoms with E-state index in [0.29, 0.717) is 11.6 Å². The summed E-state index contributed by atoms with van der Waals surface area (Å²) in [5, 5.41) is 3.09. The first-order valence-electron chi connectivity index (χ1n) is 11.5. The topological polar surface area (TPSA) is 87.7 Å². The SMILES string of the molecule is Cl.O=C(Oc1ncc(C(=O)N2CCC(N3CCc4ccccc4C3)CC2)cn1)[C@H]1CCCN1. The van der Waals surface area contributed by atoms with E-state index in [1.807, 2.05) is 4.90 Å². The van der Waals surface area contributed by atoms with E-state index < -0.39 is 0 Å². The van der Waals surface area contributed by atoms with Crippen molar-refractivity contribution in [3.8, 4) is 6.01 Å². The number of nitrogens with zero attached hydrogens (tertiary/aromatic N) is 4. The van der Waals surface area contributed by atoms with E-state index >= 15 is 0 Å². The lowest BCUT2D eigenvalue weighted by molar-refractivity contribution is -0.136. The molecule has 5 rings (SSSR count). The molecule has 2 saturated heterocycles. The van der Waals surface area contributed by atoms with Gasteiger partial charge in [-0.2, -0.15) is 0 Å². The summed E-state index contributed by atoms with van der Waals surface area (Å²) in [6.45, 7) is 4.35. The molecule has 0 radical (unpaired) electrons. The van der Waals surface area contributed by atoms with Crippen LogP contribution in [0.5, 0.6) is 6.01 Å². The van der Waals surface area contributed by atoms with Gasteiger partial charge >= 0.3 is 12.0 Å². The summed E-state index contributed by atoms with van der Waals surface area (Å²) >= 11 is 0. The fraction of sp³-hybridized carbons (Fsp3) is 0.500. The van der Waals surface area contributed by atoms with Crippen molar-refractivity contribution in [2.24, 2.45) is 0 Å². The largest absolute Gasteiger partial charge is 0.390 e. The molecule has 2 aromatic rings. The fourth-order valence-corrected chi connectivity index (χ4v) is 4.97. The highest BCUT2D eigenvalue weighted by Gasteiger charge is 2.30. The lowest BCUT2D eigenvalue weighted by Gasteiger charge is -2.40. The van der Waals surface area contributed by atoms with Crippen LogP contribution in [0.1, 0.15) is 47.2 Å². The smallest absolute Gasteiger partial charge is 0.330 e. The second kappa shape index (κ2) is 10.6. The minimum absolute atomic E-state index is 0. The molecule has 1 atom stereocenters. The number of fused-ring (bicyclic) bond motifs is 1. The Morgan fingerprint density at radius 1 is 1.00 bits per heavy atom. The van der Waals surface area contributed by atoms with Gasteiger partial charge in [0.1, 0.15) is 6.04 Å². The second-order valence-electron chi connectivity index (χ2n) is 8.84. The fourth-order valence-electron chi connectivity index (χ4n) is 4.97. The van der Waals surface area contributed by atoms with Gasteiger partial charge in [0.25, 0.3) is 5.91 Å². The predicted molar refractivity (Wildman–Crippen MR) is 125 cm³/mol. The number of halogens is 1. The van der Waals surface area contributed by atoms with Crippen LogP contribution in [0.4, 0.5) is 0 Å². The van der Waals surface area contributed by atoms with Gasteiger partial charge in [-0.05, 0) is 49.8 Å². The van der Waals surface area contributed by atoms with Crippen molar-refractivity contribution in [1.29, 1.82) is 0 Å². The van der Waals surface area contributed by atoms with Gasteiger partial charge < -0.3 is 15.0 Å². The average Bonchev–Trinajstić information content (AvgIpc) is 3.39. The van der Waals surface area contributed by atoms with Gasteiger partial charge in [0, 0.05) is 44.6 Å². The number of carbonyl (C=O) groups is 2. The summed E-state index contributed by atoms with van der Waals surface area (Å²) in [6, 6.07) is 8.89. The highest BCUT2D eigenvalue weighted by molar-refractivity contribution is 5.93. The van der Waals surface area contributed by atoms with Crippen molar-refractivity contribution < 1.29 is 14.3 Å². The summed E-state index contributed by atoms with van der Waals surface area (Å²) in [4.78, 5) is 37.6. The molecule has 0 spiro atoms. The first kappa shape index (κ1) is 23.6. The van der Waals surface area contributed by atoms with Crippen LogP contribution in [-0.2, 0) is 17.8 Å². The van der Waals surface area contributed by atoms with Crippen molar-refractivity contribution in [2.75, 3.05) is 26.2 Å². The van der Waals surface area contributed by atoms with Crippen molar-refractivity contribution in [3.63, 3.8) is 0 Å². The zero-order valence-corrected chi connectivity index (χ0v) is 19.4. The van der Waals surface area contributed by atoms with Crippen LogP contribution in [0, 0.1) is 0 Å². The molecule has 2 fully saturated rings. The molecular weight excluding hydrogens is 442 g/mol. The van der Waals surface area contributed by atoms with Crippen LogP contribution in [0.25, 0.3) is 0 Å². The van der Waals surface area contributed by atoms with Crippen LogP contribution in [0.2, 0.25) is 0 Å². The predicted octanol–water partition coefficient (Wildman–Crippen LogP) is 2.22. The Bertz CT molecular complexity index is 972. The molecule has 1 amide bonds. The van der Waals surface area contributed by atoms with E-state index in [1.54, 1.807) is 0 Å². The maximum absolute atomic E-state index is 12.9. The van der Waals surface area contributed by atoms with Crippen LogP contribution in [0.15, 0.2) is 36.7 Å². The maximum Gasteiger partial charge on any atom is 0.330 e. The number of piperidine rings is 1. The molecule has 8 nitrogen and oxygen atoms in total. The molecule has 1 aromatic carbocycles. The van der Waals surface area contributed by atoms with Gasteiger partial charge in [-0.3, -0.25) is 9.69 Å². The molecule has 1 aromatic heterocycles. The third kappa shape index (κ3) is 5.34. The minimum Gasteiger partial charge on any atom is -0.390 e. The monoisotopic (exact) mass is 471 g/mol. The zero-order chi connectivity index (χ0) is 21.9. The number of ether oxygens (including phenoxy) is 1. The highest BCUT2D eigenvalue weighted by atomic mass is 35.5. The highest BCUT2D eigenvalue weighted by Crippen LogP contribution is 2.25. The summed E-state index contributed by atoms with van der Waals surface area (Å²) in [5.41, 5.74) is 3.32. The molecule has 4 heterocycles. The van der Waals surface area contributed by atoms with Crippen LogP contribution >= 0.6 is 12.4 Å². The number of rotatable bonds is 4. The van der Waals surface area contributed by atoms with Crippen LogP contribution < -0.4 is 10.1 Å². The van der Waals surface area contributed by atoms with Gasteiger partial charge in [0.2, 0.25) is 0 Å². The van der Waals surface area contributed by atoms with Gasteiger partial charge in [-0.25, -0.2) is 14.8 Å². The first-order valence-corrected chi connectivity index (χ1v) is 11.5. The second-order valence-corrected chi connectivity index (χ2v) is 8.84. The van der Waals surface area contributed by atoms with E-state index in [0.717, 1.165) is 64.8 Å². The van der Waals surface area contributed by atoms with Crippen molar-refractivity contribution >= 4 is 24.3 Å². The van der Waals surface area contributed by atoms with Gasteiger partial charge in [0.15, 0.2) is 0 Å². The number of amides is 1. The Labute approximate surface area is 200 Å². The first-order chi connectivity index (χ1) is 15.7. The normalized spacial score (nSPS) is 21.2. The Morgan fingerprint density at radius 2 is 1.73 bits per heavy atom. The number of carbonyl (C=O) groups excluding carboxylic acids is 2. The van der Waals surface area contributed by atoms with Crippen LogP contribution in [-0.4, -0.2) is 69.9 Å². The Morgan fingerprint density at radius 3 is 2.42 bits per heavy atom. The zero-order valence-electron chi connectivity index (χ0n) is 18.6. The summed E-state index contributed by atoms with van der Waals surface area (Å²) < 4.78 is 5.23. The molecule has 0 aliphatic carbocycles. The average molecular weight is 472 g/mol. The molecule has 9 heteroatoms. The summed E-state index contributed by atoms with van der Waals surface area (Å²) in [7, 11) is 0. The van der Waals surface area contributed by atoms with E-state index in [1.165, 1.54) is 23.5 Å². The molecule has 3 aliphatic heterocycles. The van der Waals surface area contributed by atoms with Crippen LogP contribution in [0.3, 0.4) is 0 Å². The molecule has 176 valence electrons. The minimum atomic E-state index is -0.371. The number of benzene rings is 1. The molecule has 3 aliphatic rings. The molecule has 1 N–H and O–H groups in total. The van der Waals surface area contributed by atoms with Crippen molar-refractivity contribution in [2.45, 2.75) is 50.7 Å². The summed E-state index contributed by atoms with van der Waals surface area (Å²) in [5.74, 6) is -0.438. The van der Waals surface area contributed by atoms with Gasteiger partial charge in [-0.15, -0.1) is 12.4 Å². The maximum atomic E-state index is 12.9. The van der Waals surface area contributed by atoms with E-state index in [9.17, 15) is 9.59 Å². The Kier molecular flexibility index (Phi) is 7.57. The molecule has 0 bridgehead atoms. The van der Waals surface area contributed by atoms with Gasteiger partial charge in [0.05, 0.1) is 5.56 Å². The van der Waals surface area contributed by atoms with Gasteiger partial charge in [-0.1, -0.05) is 24.3 Å². The number of likely N-dealkylation sites (tertiary alicyclic amines) is 1. The Balaban J connectivity index is 0.00000259. The number of esters is 1. The number of aromatic nitrogens is 2. The van der Waals surface area contributed by atoms with Crippen molar-refractivity contribution in [1.82, 2.24) is 25.1 Å². The third-order valence-electron chi connectivity index (χ3n) is 6.84. The quantitative estimate of drug-likeness (QED) is 0.684. The molecule has 0 unspecified atom stereocenters. The summed E-state index contributed by atoms with van der Waals surface area (Å²) in [6.07, 6.45) is 7.66. The van der Waals surface area contributed by atoms with E-state index in [-0.39, 0.29) is 36.3 Å². The number of hydrogen-bond donors (Lipinski definition) is 1. The van der Waals surface area contributed by atoms with E-state index in [4.69, 9.17) is 4.74 Å². The Hall–Kier alpha value is -2.55. The van der Waals surface area contributed by atoms with E-state index in [2.05, 4.69) is 44.5 Å². The number of hydrogen-bond acceptors (Lipinski definition) is 7. The standard InChI is InChI=1S/C24H29N5O3.ClH/c30-22(19-14-26-24(27-15-19)32-23(31)21-6-3-10-25-21)28-12-8-20(9-13-28)29-11-7-17-4-1-2-5-18(17)16-29;/h1-2,4-5,14-15,20-21,25H,3,6-13,16H2;1H/t21-;/m1./s1. The third-order valence-corrected chi connectivity index (χ3v) is 6.84. The number of nitrogens with one attached hydrogen (secondary N) is 1. The lowest BCUT2D eigenvalue weighted by Crippen LogP contribution is -2.48. The molecular formula is C24H30ClN5O3. The molecule has 33 heavy (non-hydrogen) atoms. The lowest BCUT2D eigenvalue weighted by atomic mass is 9.95. The van der Waals surface area contributed by atoms with Crippen molar-refractivity contribution in [3.05, 3.63) is 53.3 Å². The molecule has 0 saturated carbocycles.